The predicted molar refractivity (Wildman–Crippen MR) is 87.5 cm³/mol. The molecule has 20 heavy (non-hydrogen) atoms. The van der Waals surface area contributed by atoms with Crippen LogP contribution in [-0.4, -0.2) is 18.7 Å². The van der Waals surface area contributed by atoms with Gasteiger partial charge in [-0.3, -0.25) is 0 Å². The summed E-state index contributed by atoms with van der Waals surface area (Å²) in [5.74, 6) is 2.09. The van der Waals surface area contributed by atoms with E-state index in [1.807, 2.05) is 0 Å². The molecule has 0 aliphatic heterocycles. The molecule has 0 bridgehead atoms. The fourth-order valence-electron chi connectivity index (χ4n) is 2.05. The molecule has 2 heteroatoms. The van der Waals surface area contributed by atoms with E-state index < -0.39 is 0 Å². The van der Waals surface area contributed by atoms with Crippen LogP contribution in [0.1, 0.15) is 59.4 Å². The first-order valence-corrected chi connectivity index (χ1v) is 7.94. The van der Waals surface area contributed by atoms with Crippen molar-refractivity contribution in [2.24, 2.45) is 5.92 Å². The van der Waals surface area contributed by atoms with Gasteiger partial charge in [-0.25, -0.2) is 0 Å². The summed E-state index contributed by atoms with van der Waals surface area (Å²) in [6, 6.07) is 9.08. The zero-order valence-electron chi connectivity index (χ0n) is 13.9. The lowest BCUT2D eigenvalue weighted by atomic mass is 9.99. The fourth-order valence-corrected chi connectivity index (χ4v) is 2.05. The Labute approximate surface area is 124 Å². The molecule has 0 aromatic heterocycles. The highest BCUT2D eigenvalue weighted by Crippen LogP contribution is 2.22. The first kappa shape index (κ1) is 17.0. The predicted octanol–water partition coefficient (Wildman–Crippen LogP) is 4.60. The van der Waals surface area contributed by atoms with E-state index in [1.54, 1.807) is 0 Å². The van der Waals surface area contributed by atoms with Crippen molar-refractivity contribution in [1.29, 1.82) is 0 Å². The van der Waals surface area contributed by atoms with Gasteiger partial charge in [-0.05, 0) is 36.0 Å². The van der Waals surface area contributed by atoms with Crippen molar-refractivity contribution in [3.8, 4) is 5.75 Å². The lowest BCUT2D eigenvalue weighted by Gasteiger charge is -2.24. The monoisotopic (exact) mass is 277 g/mol. The number of nitrogens with one attached hydrogen (secondary N) is 1. The minimum Gasteiger partial charge on any atom is -0.489 e. The first-order chi connectivity index (χ1) is 9.43. The molecule has 1 N–H and O–H groups in total. The topological polar surface area (TPSA) is 21.3 Å². The normalized spacial score (nSPS) is 14.6. The van der Waals surface area contributed by atoms with Crippen LogP contribution < -0.4 is 10.1 Å². The maximum absolute atomic E-state index is 6.13. The minimum atomic E-state index is 0.215. The Kier molecular flexibility index (Phi) is 7.08. The molecular formula is C18H31NO. The Morgan fingerprint density at radius 2 is 1.60 bits per heavy atom. The van der Waals surface area contributed by atoms with Crippen molar-refractivity contribution in [2.75, 3.05) is 6.54 Å². The quantitative estimate of drug-likeness (QED) is 0.749. The highest BCUT2D eigenvalue weighted by molar-refractivity contribution is 5.29. The number of hydrogen-bond acceptors (Lipinski definition) is 2. The minimum absolute atomic E-state index is 0.215. The zero-order chi connectivity index (χ0) is 15.1. The lowest BCUT2D eigenvalue weighted by Crippen LogP contribution is -2.38. The molecule has 1 rings (SSSR count). The van der Waals surface area contributed by atoms with Crippen LogP contribution >= 0.6 is 0 Å². The molecule has 0 saturated carbocycles. The lowest BCUT2D eigenvalue weighted by molar-refractivity contribution is 0.146. The summed E-state index contributed by atoms with van der Waals surface area (Å²) < 4.78 is 6.13. The Hall–Kier alpha value is -1.02. The molecule has 2 nitrogen and oxygen atoms in total. The van der Waals surface area contributed by atoms with Gasteiger partial charge in [-0.15, -0.1) is 0 Å². The van der Waals surface area contributed by atoms with E-state index >= 15 is 0 Å². The van der Waals surface area contributed by atoms with Crippen LogP contribution in [0.2, 0.25) is 0 Å². The van der Waals surface area contributed by atoms with E-state index in [4.69, 9.17) is 4.74 Å². The summed E-state index contributed by atoms with van der Waals surface area (Å²) in [6.07, 6.45) is 1.39. The van der Waals surface area contributed by atoms with Gasteiger partial charge in [0.2, 0.25) is 0 Å². The average Bonchev–Trinajstić information content (AvgIpc) is 2.42. The van der Waals surface area contributed by atoms with Gasteiger partial charge in [0.25, 0.3) is 0 Å². The van der Waals surface area contributed by atoms with Crippen molar-refractivity contribution in [3.63, 3.8) is 0 Å². The van der Waals surface area contributed by atoms with Gasteiger partial charge in [0, 0.05) is 12.6 Å². The molecule has 0 amide bonds. The summed E-state index contributed by atoms with van der Waals surface area (Å²) in [5.41, 5.74) is 1.39. The van der Waals surface area contributed by atoms with Gasteiger partial charge in [-0.2, -0.15) is 0 Å². The van der Waals surface area contributed by atoms with Crippen LogP contribution in [0.3, 0.4) is 0 Å². The SMILES string of the molecule is CCC(C)c1ccc(OC(CNC(C)C)C(C)C)cc1. The summed E-state index contributed by atoms with van der Waals surface area (Å²) in [5, 5.41) is 3.46. The van der Waals surface area contributed by atoms with Gasteiger partial charge in [0.1, 0.15) is 11.9 Å². The smallest absolute Gasteiger partial charge is 0.119 e. The number of ether oxygens (including phenoxy) is 1. The molecule has 0 fully saturated rings. The molecule has 1 aromatic carbocycles. The third kappa shape index (κ3) is 5.54. The highest BCUT2D eigenvalue weighted by atomic mass is 16.5. The second-order valence-corrected chi connectivity index (χ2v) is 6.34. The zero-order valence-corrected chi connectivity index (χ0v) is 13.9. The maximum Gasteiger partial charge on any atom is 0.119 e. The Morgan fingerprint density at radius 3 is 2.05 bits per heavy atom. The van der Waals surface area contributed by atoms with E-state index in [9.17, 15) is 0 Å². The Bertz CT molecular complexity index is 370. The molecule has 1 aromatic rings. The Morgan fingerprint density at radius 1 is 1.00 bits per heavy atom. The van der Waals surface area contributed by atoms with E-state index in [-0.39, 0.29) is 6.10 Å². The Balaban J connectivity index is 2.64. The van der Waals surface area contributed by atoms with Crippen LogP contribution in [0.15, 0.2) is 24.3 Å². The van der Waals surface area contributed by atoms with Crippen LogP contribution in [0, 0.1) is 5.92 Å². The second kappa shape index (κ2) is 8.31. The van der Waals surface area contributed by atoms with Crippen LogP contribution in [0.25, 0.3) is 0 Å². The highest BCUT2D eigenvalue weighted by Gasteiger charge is 2.15. The molecule has 0 saturated heterocycles. The summed E-state index contributed by atoms with van der Waals surface area (Å²) in [6.45, 7) is 14.1. The van der Waals surface area contributed by atoms with Crippen LogP contribution in [-0.2, 0) is 0 Å². The summed E-state index contributed by atoms with van der Waals surface area (Å²) in [4.78, 5) is 0. The van der Waals surface area contributed by atoms with Crippen LogP contribution in [0.5, 0.6) is 5.75 Å². The van der Waals surface area contributed by atoms with Gasteiger partial charge in [-0.1, -0.05) is 53.7 Å². The van der Waals surface area contributed by atoms with Gasteiger partial charge in [0.05, 0.1) is 0 Å². The van der Waals surface area contributed by atoms with Gasteiger partial charge < -0.3 is 10.1 Å². The molecule has 0 radical (unpaired) electrons. The van der Waals surface area contributed by atoms with Crippen LogP contribution in [0.4, 0.5) is 0 Å². The summed E-state index contributed by atoms with van der Waals surface area (Å²) >= 11 is 0. The third-order valence-electron chi connectivity index (χ3n) is 3.82. The number of hydrogen-bond donors (Lipinski definition) is 1. The number of rotatable bonds is 8. The molecular weight excluding hydrogens is 246 g/mol. The van der Waals surface area contributed by atoms with Crippen molar-refractivity contribution < 1.29 is 4.74 Å². The van der Waals surface area contributed by atoms with E-state index in [1.165, 1.54) is 12.0 Å². The molecule has 2 atom stereocenters. The molecule has 2 unspecified atom stereocenters. The molecule has 0 aliphatic carbocycles. The first-order valence-electron chi connectivity index (χ1n) is 7.94. The molecule has 114 valence electrons. The van der Waals surface area contributed by atoms with Crippen molar-refractivity contribution in [3.05, 3.63) is 29.8 Å². The van der Waals surface area contributed by atoms with E-state index in [0.717, 1.165) is 12.3 Å². The number of benzene rings is 1. The largest absolute Gasteiger partial charge is 0.489 e. The molecule has 0 heterocycles. The third-order valence-corrected chi connectivity index (χ3v) is 3.82. The summed E-state index contributed by atoms with van der Waals surface area (Å²) in [7, 11) is 0. The van der Waals surface area contributed by atoms with E-state index in [0.29, 0.717) is 17.9 Å². The standard InChI is InChI=1S/C18H31NO/c1-7-15(6)16-8-10-17(11-9-16)20-18(13(2)3)12-19-14(4)5/h8-11,13-15,18-19H,7,12H2,1-6H3. The molecule has 0 aliphatic rings. The second-order valence-electron chi connectivity index (χ2n) is 6.34. The van der Waals surface area contributed by atoms with Gasteiger partial charge >= 0.3 is 0 Å². The van der Waals surface area contributed by atoms with E-state index in [2.05, 4.69) is 71.1 Å². The van der Waals surface area contributed by atoms with Crippen molar-refractivity contribution in [2.45, 2.75) is 66.0 Å². The molecule has 0 spiro atoms. The van der Waals surface area contributed by atoms with Gasteiger partial charge in [0.15, 0.2) is 0 Å². The van der Waals surface area contributed by atoms with Crippen molar-refractivity contribution >= 4 is 0 Å². The fraction of sp³-hybridized carbons (Fsp3) is 0.667. The average molecular weight is 277 g/mol. The maximum atomic E-state index is 6.13. The van der Waals surface area contributed by atoms with Crippen molar-refractivity contribution in [1.82, 2.24) is 5.32 Å².